The van der Waals surface area contributed by atoms with E-state index in [-0.39, 0.29) is 11.8 Å². The molecule has 0 radical (unpaired) electrons. The molecule has 2 fully saturated rings. The van der Waals surface area contributed by atoms with Gasteiger partial charge in [0.15, 0.2) is 0 Å². The Labute approximate surface area is 124 Å². The Hall–Kier alpha value is -1.47. The van der Waals surface area contributed by atoms with E-state index < -0.39 is 0 Å². The Morgan fingerprint density at radius 2 is 2.19 bits per heavy atom. The second-order valence-electron chi connectivity index (χ2n) is 5.91. The fraction of sp³-hybridized carbons (Fsp3) is 0.786. The topological polar surface area (TPSA) is 72.3 Å². The second kappa shape index (κ2) is 6.53. The zero-order chi connectivity index (χ0) is 14.7. The molecule has 1 aromatic heterocycles. The van der Waals surface area contributed by atoms with Gasteiger partial charge in [-0.2, -0.15) is 0 Å². The summed E-state index contributed by atoms with van der Waals surface area (Å²) < 4.78 is 7.01. The third-order valence-electron chi connectivity index (χ3n) is 4.37. The van der Waals surface area contributed by atoms with Crippen LogP contribution in [0.2, 0.25) is 0 Å². The number of hydrogen-bond acceptors (Lipinski definition) is 5. The van der Waals surface area contributed by atoms with Crippen molar-refractivity contribution in [2.75, 3.05) is 31.6 Å². The molecule has 0 spiro atoms. The molecular formula is C14H23N5O2. The van der Waals surface area contributed by atoms with Crippen LogP contribution in [0.4, 0.5) is 5.95 Å². The van der Waals surface area contributed by atoms with Crippen LogP contribution in [-0.2, 0) is 16.6 Å². The quantitative estimate of drug-likeness (QED) is 0.885. The average Bonchev–Trinajstić information content (AvgIpc) is 2.93. The molecular weight excluding hydrogens is 270 g/mol. The number of aryl methyl sites for hydroxylation is 1. The molecule has 2 saturated heterocycles. The molecule has 1 unspecified atom stereocenters. The lowest BCUT2D eigenvalue weighted by Crippen LogP contribution is -2.47. The number of ether oxygens (including phenoxy) is 1. The van der Waals surface area contributed by atoms with Crippen LogP contribution in [0, 0.1) is 5.92 Å². The smallest absolute Gasteiger partial charge is 0.248 e. The van der Waals surface area contributed by atoms with Crippen LogP contribution in [0.3, 0.4) is 0 Å². The molecule has 0 bridgehead atoms. The van der Waals surface area contributed by atoms with E-state index in [1.54, 1.807) is 18.1 Å². The SMILES string of the molecule is Cn1cnc(NC(=O)C2CCCN(C3CCOCC3)C2)n1. The largest absolute Gasteiger partial charge is 0.381 e. The van der Waals surface area contributed by atoms with Crippen molar-refractivity contribution in [2.24, 2.45) is 13.0 Å². The molecule has 2 aliphatic rings. The Bertz CT molecular complexity index is 483. The molecule has 1 N–H and O–H groups in total. The maximum atomic E-state index is 12.4. The van der Waals surface area contributed by atoms with E-state index >= 15 is 0 Å². The Morgan fingerprint density at radius 3 is 2.90 bits per heavy atom. The van der Waals surface area contributed by atoms with Gasteiger partial charge in [-0.05, 0) is 32.2 Å². The van der Waals surface area contributed by atoms with Crippen molar-refractivity contribution in [3.63, 3.8) is 0 Å². The van der Waals surface area contributed by atoms with Crippen molar-refractivity contribution >= 4 is 11.9 Å². The predicted molar refractivity (Wildman–Crippen MR) is 77.8 cm³/mol. The van der Waals surface area contributed by atoms with Crippen molar-refractivity contribution in [1.29, 1.82) is 0 Å². The summed E-state index contributed by atoms with van der Waals surface area (Å²) in [5.74, 6) is 0.467. The van der Waals surface area contributed by atoms with Crippen LogP contribution in [0.15, 0.2) is 6.33 Å². The first-order chi connectivity index (χ1) is 10.2. The van der Waals surface area contributed by atoms with Crippen molar-refractivity contribution in [2.45, 2.75) is 31.7 Å². The Kier molecular flexibility index (Phi) is 4.50. The summed E-state index contributed by atoms with van der Waals surface area (Å²) in [4.78, 5) is 18.9. The van der Waals surface area contributed by atoms with E-state index in [2.05, 4.69) is 20.3 Å². The minimum absolute atomic E-state index is 0.0328. The number of piperidine rings is 1. The van der Waals surface area contributed by atoms with E-state index in [1.165, 1.54) is 0 Å². The number of carbonyl (C=O) groups excluding carboxylic acids is 1. The first kappa shape index (κ1) is 14.5. The van der Waals surface area contributed by atoms with Crippen LogP contribution in [0.5, 0.6) is 0 Å². The monoisotopic (exact) mass is 293 g/mol. The fourth-order valence-corrected chi connectivity index (χ4v) is 3.21. The molecule has 1 aromatic rings. The molecule has 1 atom stereocenters. The molecule has 0 aromatic carbocycles. The first-order valence-corrected chi connectivity index (χ1v) is 7.70. The molecule has 1 amide bonds. The zero-order valence-corrected chi connectivity index (χ0v) is 12.5. The van der Waals surface area contributed by atoms with Gasteiger partial charge in [-0.3, -0.25) is 19.7 Å². The molecule has 116 valence electrons. The second-order valence-corrected chi connectivity index (χ2v) is 5.91. The van der Waals surface area contributed by atoms with Crippen LogP contribution in [0.25, 0.3) is 0 Å². The Morgan fingerprint density at radius 1 is 1.38 bits per heavy atom. The minimum Gasteiger partial charge on any atom is -0.381 e. The third-order valence-corrected chi connectivity index (χ3v) is 4.37. The average molecular weight is 293 g/mol. The highest BCUT2D eigenvalue weighted by molar-refractivity contribution is 5.91. The highest BCUT2D eigenvalue weighted by atomic mass is 16.5. The fourth-order valence-electron chi connectivity index (χ4n) is 3.21. The summed E-state index contributed by atoms with van der Waals surface area (Å²) in [7, 11) is 1.79. The number of rotatable bonds is 3. The first-order valence-electron chi connectivity index (χ1n) is 7.70. The van der Waals surface area contributed by atoms with Gasteiger partial charge in [0, 0.05) is 32.8 Å². The number of anilines is 1. The normalized spacial score (nSPS) is 24.9. The highest BCUT2D eigenvalue weighted by Crippen LogP contribution is 2.23. The van der Waals surface area contributed by atoms with Crippen molar-refractivity contribution in [3.8, 4) is 0 Å². The summed E-state index contributed by atoms with van der Waals surface area (Å²) in [6.45, 7) is 3.62. The van der Waals surface area contributed by atoms with Gasteiger partial charge < -0.3 is 4.74 Å². The molecule has 2 aliphatic heterocycles. The number of aromatic nitrogens is 3. The lowest BCUT2D eigenvalue weighted by Gasteiger charge is -2.39. The molecule has 7 nitrogen and oxygen atoms in total. The van der Waals surface area contributed by atoms with Gasteiger partial charge in [-0.15, -0.1) is 5.10 Å². The van der Waals surface area contributed by atoms with Gasteiger partial charge in [0.1, 0.15) is 6.33 Å². The summed E-state index contributed by atoms with van der Waals surface area (Å²) in [5.41, 5.74) is 0. The highest BCUT2D eigenvalue weighted by Gasteiger charge is 2.30. The van der Waals surface area contributed by atoms with E-state index in [0.29, 0.717) is 12.0 Å². The van der Waals surface area contributed by atoms with E-state index in [1.807, 2.05) is 0 Å². The van der Waals surface area contributed by atoms with Crippen molar-refractivity contribution in [1.82, 2.24) is 19.7 Å². The molecule has 21 heavy (non-hydrogen) atoms. The molecule has 7 heteroatoms. The van der Waals surface area contributed by atoms with Gasteiger partial charge in [-0.1, -0.05) is 0 Å². The third kappa shape index (κ3) is 3.59. The summed E-state index contributed by atoms with van der Waals surface area (Å²) >= 11 is 0. The van der Waals surface area contributed by atoms with Crippen LogP contribution < -0.4 is 5.32 Å². The number of likely N-dealkylation sites (tertiary alicyclic amines) is 1. The standard InChI is InChI=1S/C14H23N5O2/c1-18-10-15-14(17-18)16-13(20)11-3-2-6-19(9-11)12-4-7-21-8-5-12/h10-12H,2-9H2,1H3,(H,16,17,20). The number of nitrogens with one attached hydrogen (secondary N) is 1. The van der Waals surface area contributed by atoms with Gasteiger partial charge in [-0.25, -0.2) is 4.98 Å². The van der Waals surface area contributed by atoms with Gasteiger partial charge in [0.25, 0.3) is 0 Å². The molecule has 0 saturated carbocycles. The maximum Gasteiger partial charge on any atom is 0.248 e. The molecule has 3 rings (SSSR count). The number of carbonyl (C=O) groups is 1. The maximum absolute atomic E-state index is 12.4. The van der Waals surface area contributed by atoms with Gasteiger partial charge >= 0.3 is 0 Å². The summed E-state index contributed by atoms with van der Waals surface area (Å²) in [6, 6.07) is 0.572. The summed E-state index contributed by atoms with van der Waals surface area (Å²) in [5, 5.41) is 6.92. The van der Waals surface area contributed by atoms with Crippen molar-refractivity contribution in [3.05, 3.63) is 6.33 Å². The van der Waals surface area contributed by atoms with E-state index in [9.17, 15) is 4.79 Å². The number of hydrogen-bond donors (Lipinski definition) is 1. The van der Waals surface area contributed by atoms with E-state index in [0.717, 1.165) is 52.0 Å². The summed E-state index contributed by atoms with van der Waals surface area (Å²) in [6.07, 6.45) is 5.76. The predicted octanol–water partition coefficient (Wildman–Crippen LogP) is 0.645. The number of nitrogens with zero attached hydrogens (tertiary/aromatic N) is 4. The van der Waals surface area contributed by atoms with Crippen LogP contribution >= 0.6 is 0 Å². The Balaban J connectivity index is 1.56. The lowest BCUT2D eigenvalue weighted by molar-refractivity contribution is -0.122. The van der Waals surface area contributed by atoms with Crippen LogP contribution in [-0.4, -0.2) is 57.9 Å². The van der Waals surface area contributed by atoms with Gasteiger partial charge in [0.05, 0.1) is 5.92 Å². The number of amides is 1. The van der Waals surface area contributed by atoms with Gasteiger partial charge in [0.2, 0.25) is 11.9 Å². The molecule has 0 aliphatic carbocycles. The van der Waals surface area contributed by atoms with E-state index in [4.69, 9.17) is 4.74 Å². The lowest BCUT2D eigenvalue weighted by atomic mass is 9.94. The zero-order valence-electron chi connectivity index (χ0n) is 12.5. The minimum atomic E-state index is 0.0328. The van der Waals surface area contributed by atoms with Crippen LogP contribution in [0.1, 0.15) is 25.7 Å². The van der Waals surface area contributed by atoms with Crippen molar-refractivity contribution < 1.29 is 9.53 Å². The molecule has 3 heterocycles.